The number of hydrogen-bond donors (Lipinski definition) is 6. The second-order valence-corrected chi connectivity index (χ2v) is 8.95. The molecule has 0 aliphatic rings. The third-order valence-electron chi connectivity index (χ3n) is 5.33. The highest BCUT2D eigenvalue weighted by molar-refractivity contribution is 6.00. The van der Waals surface area contributed by atoms with Crippen LogP contribution >= 0.6 is 0 Å². The van der Waals surface area contributed by atoms with Crippen LogP contribution in [0.5, 0.6) is 0 Å². The number of para-hydroxylation sites is 1. The zero-order valence-corrected chi connectivity index (χ0v) is 20.7. The van der Waals surface area contributed by atoms with Crippen LogP contribution in [0.25, 0.3) is 0 Å². The molecule has 194 valence electrons. The van der Waals surface area contributed by atoms with Crippen LogP contribution in [-0.2, 0) is 20.8 Å². The van der Waals surface area contributed by atoms with Gasteiger partial charge in [0.2, 0.25) is 11.8 Å². The monoisotopic (exact) mass is 498 g/mol. The topological polar surface area (TPSA) is 157 Å². The van der Waals surface area contributed by atoms with Crippen molar-refractivity contribution in [2.24, 2.45) is 5.92 Å². The first kappa shape index (κ1) is 28.3. The zero-order chi connectivity index (χ0) is 26.7. The fraction of sp³-hybridized carbons (Fsp3) is 0.385. The lowest BCUT2D eigenvalue weighted by Crippen LogP contribution is -2.48. The van der Waals surface area contributed by atoms with E-state index >= 15 is 0 Å². The largest absolute Gasteiger partial charge is 0.479 e. The molecule has 2 atom stereocenters. The maximum atomic E-state index is 12.6. The molecule has 4 amide bonds. The van der Waals surface area contributed by atoms with Gasteiger partial charge in [-0.15, -0.1) is 0 Å². The zero-order valence-electron chi connectivity index (χ0n) is 20.7. The van der Waals surface area contributed by atoms with Crippen molar-refractivity contribution in [1.29, 1.82) is 0 Å². The molecule has 0 heterocycles. The number of aliphatic hydroxyl groups is 1. The number of aliphatic carboxylic acids is 1. The SMILES string of the molecule is Cc1ccccc1NC(=O)Nc1ccc(CC(=O)NC(CC(C)C)C(=O)NCC[C@@H](O)C(=O)O)cc1. The van der Waals surface area contributed by atoms with E-state index in [-0.39, 0.29) is 37.2 Å². The van der Waals surface area contributed by atoms with Gasteiger partial charge in [0.1, 0.15) is 6.04 Å². The van der Waals surface area contributed by atoms with Gasteiger partial charge in [0, 0.05) is 24.3 Å². The Morgan fingerprint density at radius 2 is 1.61 bits per heavy atom. The van der Waals surface area contributed by atoms with Crippen LogP contribution < -0.4 is 21.3 Å². The molecule has 0 saturated heterocycles. The second-order valence-electron chi connectivity index (χ2n) is 8.95. The number of carbonyl (C=O) groups is 4. The summed E-state index contributed by atoms with van der Waals surface area (Å²) in [6.45, 7) is 5.71. The maximum absolute atomic E-state index is 12.6. The quantitative estimate of drug-likeness (QED) is 0.264. The molecule has 1 unspecified atom stereocenters. The van der Waals surface area contributed by atoms with E-state index in [0.717, 1.165) is 5.56 Å². The van der Waals surface area contributed by atoms with E-state index in [4.69, 9.17) is 5.11 Å². The van der Waals surface area contributed by atoms with Crippen molar-refractivity contribution in [3.8, 4) is 0 Å². The van der Waals surface area contributed by atoms with E-state index in [1.54, 1.807) is 24.3 Å². The standard InChI is InChI=1S/C26H34N4O6/c1-16(2)14-21(24(33)27-13-12-22(31)25(34)35)29-23(32)15-18-8-10-19(11-9-18)28-26(36)30-20-7-5-4-6-17(20)3/h4-11,16,21-22,31H,12-15H2,1-3H3,(H,27,33)(H,29,32)(H,34,35)(H2,28,30,36)/t21?,22-/m1/s1. The van der Waals surface area contributed by atoms with Gasteiger partial charge in [-0.3, -0.25) is 9.59 Å². The predicted molar refractivity (Wildman–Crippen MR) is 137 cm³/mol. The fourth-order valence-corrected chi connectivity index (χ4v) is 3.42. The van der Waals surface area contributed by atoms with E-state index in [1.165, 1.54) is 0 Å². The smallest absolute Gasteiger partial charge is 0.332 e. The highest BCUT2D eigenvalue weighted by atomic mass is 16.4. The van der Waals surface area contributed by atoms with Gasteiger partial charge in [-0.2, -0.15) is 0 Å². The van der Waals surface area contributed by atoms with Crippen molar-refractivity contribution in [2.45, 2.75) is 52.2 Å². The number of anilines is 2. The van der Waals surface area contributed by atoms with Crippen LogP contribution in [-0.4, -0.2) is 52.7 Å². The fourth-order valence-electron chi connectivity index (χ4n) is 3.42. The van der Waals surface area contributed by atoms with E-state index in [2.05, 4.69) is 21.3 Å². The van der Waals surface area contributed by atoms with Crippen molar-refractivity contribution in [3.63, 3.8) is 0 Å². The third-order valence-corrected chi connectivity index (χ3v) is 5.33. The lowest BCUT2D eigenvalue weighted by Gasteiger charge is -2.20. The lowest BCUT2D eigenvalue weighted by atomic mass is 10.0. The van der Waals surface area contributed by atoms with E-state index in [0.29, 0.717) is 23.4 Å². The number of hydrogen-bond acceptors (Lipinski definition) is 5. The van der Waals surface area contributed by atoms with Crippen molar-refractivity contribution < 1.29 is 29.4 Å². The van der Waals surface area contributed by atoms with Crippen LogP contribution in [0.2, 0.25) is 0 Å². The minimum Gasteiger partial charge on any atom is -0.479 e. The molecule has 36 heavy (non-hydrogen) atoms. The van der Waals surface area contributed by atoms with E-state index in [1.807, 2.05) is 45.0 Å². The van der Waals surface area contributed by atoms with Crippen LogP contribution in [0.15, 0.2) is 48.5 Å². The van der Waals surface area contributed by atoms with Gasteiger partial charge in [-0.1, -0.05) is 44.2 Å². The normalized spacial score (nSPS) is 12.4. The summed E-state index contributed by atoms with van der Waals surface area (Å²) in [5.74, 6) is -2.01. The molecule has 10 heteroatoms. The number of amides is 4. The summed E-state index contributed by atoms with van der Waals surface area (Å²) in [4.78, 5) is 48.0. The molecule has 0 aliphatic carbocycles. The van der Waals surface area contributed by atoms with Gasteiger partial charge in [-0.05, 0) is 48.6 Å². The second kappa shape index (κ2) is 13.8. The number of urea groups is 1. The molecule has 2 aromatic rings. The molecule has 0 bridgehead atoms. The molecule has 0 aromatic heterocycles. The number of carbonyl (C=O) groups excluding carboxylic acids is 3. The summed E-state index contributed by atoms with van der Waals surface area (Å²) in [6.07, 6.45) is -1.26. The average molecular weight is 499 g/mol. The lowest BCUT2D eigenvalue weighted by molar-refractivity contribution is -0.147. The molecule has 10 nitrogen and oxygen atoms in total. The van der Waals surface area contributed by atoms with Crippen molar-refractivity contribution in [3.05, 3.63) is 59.7 Å². The minimum atomic E-state index is -1.56. The summed E-state index contributed by atoms with van der Waals surface area (Å²) in [5.41, 5.74) is 2.91. The molecule has 2 aromatic carbocycles. The molecular formula is C26H34N4O6. The number of carboxylic acids is 1. The molecule has 0 fully saturated rings. The number of nitrogens with one attached hydrogen (secondary N) is 4. The Morgan fingerprint density at radius 1 is 0.944 bits per heavy atom. The van der Waals surface area contributed by atoms with Gasteiger partial charge in [0.15, 0.2) is 6.10 Å². The summed E-state index contributed by atoms with van der Waals surface area (Å²) in [6, 6.07) is 13.1. The van der Waals surface area contributed by atoms with E-state index in [9.17, 15) is 24.3 Å². The molecule has 2 rings (SSSR count). The Bertz CT molecular complexity index is 1050. The number of rotatable bonds is 12. The summed E-state index contributed by atoms with van der Waals surface area (Å²) in [7, 11) is 0. The van der Waals surface area contributed by atoms with Crippen LogP contribution in [0.3, 0.4) is 0 Å². The highest BCUT2D eigenvalue weighted by Crippen LogP contribution is 2.15. The molecule has 0 aliphatic heterocycles. The van der Waals surface area contributed by atoms with Gasteiger partial charge < -0.3 is 31.5 Å². The number of carboxylic acid groups (broad SMARTS) is 1. The first-order chi connectivity index (χ1) is 17.0. The van der Waals surface area contributed by atoms with Crippen molar-refractivity contribution >= 4 is 35.2 Å². The Morgan fingerprint density at radius 3 is 2.22 bits per heavy atom. The summed E-state index contributed by atoms with van der Waals surface area (Å²) < 4.78 is 0. The average Bonchev–Trinajstić information content (AvgIpc) is 2.80. The number of aryl methyl sites for hydroxylation is 1. The van der Waals surface area contributed by atoms with Crippen LogP contribution in [0, 0.1) is 12.8 Å². The first-order valence-corrected chi connectivity index (χ1v) is 11.8. The first-order valence-electron chi connectivity index (χ1n) is 11.8. The summed E-state index contributed by atoms with van der Waals surface area (Å²) in [5, 5.41) is 28.9. The summed E-state index contributed by atoms with van der Waals surface area (Å²) >= 11 is 0. The number of benzene rings is 2. The Labute approximate surface area is 210 Å². The van der Waals surface area contributed by atoms with Crippen LogP contribution in [0.1, 0.15) is 37.8 Å². The Balaban J connectivity index is 1.88. The Kier molecular flexibility index (Phi) is 10.9. The maximum Gasteiger partial charge on any atom is 0.332 e. The molecule has 0 spiro atoms. The van der Waals surface area contributed by atoms with Crippen LogP contribution in [0.4, 0.5) is 16.2 Å². The third kappa shape index (κ3) is 9.75. The molecule has 0 saturated carbocycles. The minimum absolute atomic E-state index is 0.0252. The predicted octanol–water partition coefficient (Wildman–Crippen LogP) is 2.66. The van der Waals surface area contributed by atoms with Gasteiger partial charge in [0.05, 0.1) is 6.42 Å². The number of aliphatic hydroxyl groups excluding tert-OH is 1. The van der Waals surface area contributed by atoms with Gasteiger partial charge >= 0.3 is 12.0 Å². The highest BCUT2D eigenvalue weighted by Gasteiger charge is 2.22. The van der Waals surface area contributed by atoms with E-state index < -0.39 is 24.0 Å². The Hall–Kier alpha value is -3.92. The molecule has 0 radical (unpaired) electrons. The molecular weight excluding hydrogens is 464 g/mol. The van der Waals surface area contributed by atoms with Gasteiger partial charge in [0.25, 0.3) is 0 Å². The van der Waals surface area contributed by atoms with Crippen molar-refractivity contribution in [2.75, 3.05) is 17.2 Å². The van der Waals surface area contributed by atoms with Crippen molar-refractivity contribution in [1.82, 2.24) is 10.6 Å². The molecule has 6 N–H and O–H groups in total. The van der Waals surface area contributed by atoms with Gasteiger partial charge in [-0.25, -0.2) is 9.59 Å².